The zero-order valence-corrected chi connectivity index (χ0v) is 17.5. The molecule has 3 aromatic rings. The van der Waals surface area contributed by atoms with Gasteiger partial charge in [-0.15, -0.1) is 0 Å². The second-order valence-electron chi connectivity index (χ2n) is 7.66. The van der Waals surface area contributed by atoms with Gasteiger partial charge in [-0.1, -0.05) is 12.1 Å². The van der Waals surface area contributed by atoms with Gasteiger partial charge in [0.2, 0.25) is 0 Å². The predicted octanol–water partition coefficient (Wildman–Crippen LogP) is 4.70. The lowest BCUT2D eigenvalue weighted by molar-refractivity contribution is -0.137. The summed E-state index contributed by atoms with van der Waals surface area (Å²) in [4.78, 5) is 23.3. The summed E-state index contributed by atoms with van der Waals surface area (Å²) in [6, 6.07) is 15.8. The number of pyridine rings is 1. The summed E-state index contributed by atoms with van der Waals surface area (Å²) < 4.78 is 39.0. The normalized spacial score (nSPS) is 14.3. The van der Waals surface area contributed by atoms with E-state index in [1.165, 1.54) is 12.1 Å². The maximum absolute atomic E-state index is 13.0. The standard InChI is InChI=1S/C24H20F3N5O/c1-29-15-31-11-12-32(19-8-6-18(7-9-19)24(25,26)27)22-10-5-16(13-17(22)14-31)20-3-2-4-21(30-20)23(28)33/h2-10,13H,11-12,14-15H2,(H2,28,33). The summed E-state index contributed by atoms with van der Waals surface area (Å²) in [7, 11) is 0. The van der Waals surface area contributed by atoms with E-state index in [0.29, 0.717) is 31.0 Å². The van der Waals surface area contributed by atoms with Crippen molar-refractivity contribution in [2.75, 3.05) is 24.7 Å². The van der Waals surface area contributed by atoms with Gasteiger partial charge in [0.15, 0.2) is 0 Å². The fourth-order valence-corrected chi connectivity index (χ4v) is 3.87. The summed E-state index contributed by atoms with van der Waals surface area (Å²) in [6.07, 6.45) is -4.40. The molecule has 33 heavy (non-hydrogen) atoms. The molecule has 0 radical (unpaired) electrons. The maximum atomic E-state index is 13.0. The first-order chi connectivity index (χ1) is 15.8. The number of aromatic nitrogens is 1. The highest BCUT2D eigenvalue weighted by molar-refractivity contribution is 5.91. The van der Waals surface area contributed by atoms with E-state index >= 15 is 0 Å². The predicted molar refractivity (Wildman–Crippen MR) is 119 cm³/mol. The molecule has 2 N–H and O–H groups in total. The number of primary amides is 1. The molecule has 0 aliphatic carbocycles. The van der Waals surface area contributed by atoms with Gasteiger partial charge in [0, 0.05) is 36.6 Å². The first-order valence-corrected chi connectivity index (χ1v) is 10.2. The minimum Gasteiger partial charge on any atom is -0.364 e. The van der Waals surface area contributed by atoms with E-state index in [0.717, 1.165) is 28.9 Å². The summed E-state index contributed by atoms with van der Waals surface area (Å²) in [6.45, 7) is 9.04. The van der Waals surface area contributed by atoms with Crippen molar-refractivity contribution in [3.8, 4) is 11.3 Å². The number of hydrogen-bond donors (Lipinski definition) is 1. The molecule has 1 amide bonds. The molecule has 0 unspecified atom stereocenters. The second kappa shape index (κ2) is 8.92. The molecule has 1 aliphatic rings. The van der Waals surface area contributed by atoms with Crippen LogP contribution in [0.2, 0.25) is 0 Å². The number of carbonyl (C=O) groups excluding carboxylic acids is 1. The maximum Gasteiger partial charge on any atom is 0.416 e. The Morgan fingerprint density at radius 3 is 2.52 bits per heavy atom. The topological polar surface area (TPSA) is 66.8 Å². The first kappa shape index (κ1) is 22.3. The van der Waals surface area contributed by atoms with E-state index in [-0.39, 0.29) is 12.4 Å². The molecule has 1 aromatic heterocycles. The van der Waals surface area contributed by atoms with Gasteiger partial charge >= 0.3 is 6.18 Å². The molecule has 0 atom stereocenters. The molecule has 2 aromatic carbocycles. The molecule has 0 bridgehead atoms. The molecule has 0 fully saturated rings. The number of amides is 1. The van der Waals surface area contributed by atoms with E-state index in [2.05, 4.69) is 9.83 Å². The Hall–Kier alpha value is -3.90. The van der Waals surface area contributed by atoms with E-state index < -0.39 is 17.6 Å². The van der Waals surface area contributed by atoms with Crippen molar-refractivity contribution in [3.05, 3.63) is 88.9 Å². The Morgan fingerprint density at radius 2 is 1.85 bits per heavy atom. The molecule has 1 aliphatic heterocycles. The zero-order valence-electron chi connectivity index (χ0n) is 17.5. The van der Waals surface area contributed by atoms with Crippen LogP contribution in [0.5, 0.6) is 0 Å². The minimum atomic E-state index is -4.40. The van der Waals surface area contributed by atoms with Gasteiger partial charge in [-0.2, -0.15) is 13.2 Å². The van der Waals surface area contributed by atoms with Gasteiger partial charge in [0.25, 0.3) is 12.6 Å². The highest BCUT2D eigenvalue weighted by Crippen LogP contribution is 2.36. The molecule has 168 valence electrons. The fourth-order valence-electron chi connectivity index (χ4n) is 3.87. The van der Waals surface area contributed by atoms with Gasteiger partial charge in [0.05, 0.1) is 11.3 Å². The largest absolute Gasteiger partial charge is 0.416 e. The third-order valence-electron chi connectivity index (χ3n) is 5.48. The molecular formula is C24H20F3N5O. The van der Waals surface area contributed by atoms with E-state index in [1.807, 2.05) is 28.0 Å². The second-order valence-corrected chi connectivity index (χ2v) is 7.66. The van der Waals surface area contributed by atoms with E-state index in [1.54, 1.807) is 18.2 Å². The van der Waals surface area contributed by atoms with Crippen molar-refractivity contribution >= 4 is 17.3 Å². The van der Waals surface area contributed by atoms with Crippen molar-refractivity contribution < 1.29 is 18.0 Å². The van der Waals surface area contributed by atoms with Crippen LogP contribution < -0.4 is 10.6 Å². The van der Waals surface area contributed by atoms with Crippen LogP contribution in [0.3, 0.4) is 0 Å². The van der Waals surface area contributed by atoms with Gasteiger partial charge in [-0.25, -0.2) is 16.5 Å². The van der Waals surface area contributed by atoms with Crippen molar-refractivity contribution in [2.45, 2.75) is 12.7 Å². The lowest BCUT2D eigenvalue weighted by Crippen LogP contribution is -2.28. The number of rotatable bonds is 4. The van der Waals surface area contributed by atoms with Gasteiger partial charge in [-0.3, -0.25) is 9.64 Å². The number of benzene rings is 2. The Morgan fingerprint density at radius 1 is 1.09 bits per heavy atom. The lowest BCUT2D eigenvalue weighted by atomic mass is 10.0. The highest BCUT2D eigenvalue weighted by atomic mass is 19.4. The quantitative estimate of drug-likeness (QED) is 0.584. The Labute approximate surface area is 188 Å². The van der Waals surface area contributed by atoms with Crippen LogP contribution in [0.1, 0.15) is 21.6 Å². The van der Waals surface area contributed by atoms with Crippen LogP contribution in [-0.4, -0.2) is 35.5 Å². The van der Waals surface area contributed by atoms with Crippen LogP contribution >= 0.6 is 0 Å². The van der Waals surface area contributed by atoms with Gasteiger partial charge < -0.3 is 10.6 Å². The Kier molecular flexibility index (Phi) is 6.03. The average molecular weight is 451 g/mol. The third-order valence-corrected chi connectivity index (χ3v) is 5.48. The van der Waals surface area contributed by atoms with Crippen molar-refractivity contribution in [1.29, 1.82) is 0 Å². The Bertz CT molecular complexity index is 1220. The fraction of sp³-hybridized carbons (Fsp3) is 0.208. The van der Waals surface area contributed by atoms with Gasteiger partial charge in [-0.05, 0) is 54.1 Å². The molecule has 9 heteroatoms. The van der Waals surface area contributed by atoms with E-state index in [4.69, 9.17) is 12.3 Å². The van der Waals surface area contributed by atoms with Crippen LogP contribution in [0.15, 0.2) is 60.7 Å². The number of halogens is 3. The van der Waals surface area contributed by atoms with Crippen LogP contribution in [-0.2, 0) is 12.7 Å². The number of anilines is 2. The average Bonchev–Trinajstić information content (AvgIpc) is 2.97. The highest BCUT2D eigenvalue weighted by Gasteiger charge is 2.30. The molecule has 0 spiro atoms. The molecule has 0 saturated heterocycles. The lowest BCUT2D eigenvalue weighted by Gasteiger charge is -2.25. The van der Waals surface area contributed by atoms with Crippen molar-refractivity contribution in [2.24, 2.45) is 5.73 Å². The zero-order chi connectivity index (χ0) is 23.6. The van der Waals surface area contributed by atoms with Crippen LogP contribution in [0, 0.1) is 6.57 Å². The third kappa shape index (κ3) is 4.81. The molecule has 2 heterocycles. The van der Waals surface area contributed by atoms with Crippen LogP contribution in [0.4, 0.5) is 24.5 Å². The van der Waals surface area contributed by atoms with Crippen molar-refractivity contribution in [3.63, 3.8) is 0 Å². The SMILES string of the molecule is [C-]#[N+]CN1CCN(c2ccc(C(F)(F)F)cc2)c2ccc(-c3cccc(C(N)=O)n3)cc2C1. The molecule has 4 rings (SSSR count). The number of carbonyl (C=O) groups is 1. The molecule has 0 saturated carbocycles. The Balaban J connectivity index is 1.75. The smallest absolute Gasteiger partial charge is 0.364 e. The monoisotopic (exact) mass is 451 g/mol. The number of fused-ring (bicyclic) bond motifs is 1. The molecule has 6 nitrogen and oxygen atoms in total. The minimum absolute atomic E-state index is 0.156. The molecular weight excluding hydrogens is 431 g/mol. The summed E-state index contributed by atoms with van der Waals surface area (Å²) in [5.74, 6) is -0.622. The summed E-state index contributed by atoms with van der Waals surface area (Å²) in [5, 5.41) is 0. The first-order valence-electron chi connectivity index (χ1n) is 10.2. The summed E-state index contributed by atoms with van der Waals surface area (Å²) in [5.41, 5.74) is 8.54. The van der Waals surface area contributed by atoms with E-state index in [9.17, 15) is 18.0 Å². The van der Waals surface area contributed by atoms with Crippen molar-refractivity contribution in [1.82, 2.24) is 9.88 Å². The van der Waals surface area contributed by atoms with Crippen LogP contribution in [0.25, 0.3) is 16.1 Å². The number of alkyl halides is 3. The number of nitrogens with zero attached hydrogens (tertiary/aromatic N) is 4. The summed E-state index contributed by atoms with van der Waals surface area (Å²) >= 11 is 0. The number of hydrogen-bond acceptors (Lipinski definition) is 4. The van der Waals surface area contributed by atoms with Gasteiger partial charge in [0.1, 0.15) is 5.69 Å². The number of nitrogens with two attached hydrogens (primary N) is 1.